The summed E-state index contributed by atoms with van der Waals surface area (Å²) < 4.78 is 14.5. The molecule has 1 aliphatic heterocycles. The molecule has 2 aliphatic carbocycles. The number of rotatable bonds is 4. The van der Waals surface area contributed by atoms with Gasteiger partial charge < -0.3 is 9.16 Å². The summed E-state index contributed by atoms with van der Waals surface area (Å²) in [6.45, 7) is 21.1. The van der Waals surface area contributed by atoms with E-state index in [1.165, 1.54) is 40.9 Å². The van der Waals surface area contributed by atoms with Crippen LogP contribution in [-0.4, -0.2) is 13.3 Å². The number of nitrogens with zero attached hydrogens (tertiary/aromatic N) is 2. The van der Waals surface area contributed by atoms with E-state index in [1.54, 1.807) is 0 Å². The highest BCUT2D eigenvalue weighted by Gasteiger charge is 2.54. The fraction of sp³-hybridized carbons (Fsp3) is 0.636. The minimum Gasteiger partial charge on any atom is -0.410 e. The van der Waals surface area contributed by atoms with Gasteiger partial charge in [-0.05, 0) is 78.4 Å². The molecule has 1 saturated carbocycles. The maximum Gasteiger partial charge on any atom is 0.192 e. The molecule has 2 atom stereocenters. The summed E-state index contributed by atoms with van der Waals surface area (Å²) in [5.41, 5.74) is 8.13. The third-order valence-electron chi connectivity index (χ3n) is 9.69. The Hall–Kier alpha value is -2.00. The first-order chi connectivity index (χ1) is 17.7. The van der Waals surface area contributed by atoms with Crippen LogP contribution in [-0.2, 0) is 21.2 Å². The lowest BCUT2D eigenvalue weighted by Gasteiger charge is -2.45. The maximum atomic E-state index is 9.39. The normalized spacial score (nSPS) is 23.9. The Balaban J connectivity index is 1.77. The second-order valence-electron chi connectivity index (χ2n) is 14.6. The van der Waals surface area contributed by atoms with Gasteiger partial charge in [-0.1, -0.05) is 73.4 Å². The number of benzene rings is 1. The van der Waals surface area contributed by atoms with Gasteiger partial charge in [-0.25, -0.2) is 0 Å². The molecule has 204 valence electrons. The summed E-state index contributed by atoms with van der Waals surface area (Å²) in [5, 5.41) is 9.52. The van der Waals surface area contributed by atoms with Gasteiger partial charge in [0, 0.05) is 22.5 Å². The Morgan fingerprint density at radius 3 is 2.26 bits per heavy atom. The number of ether oxygens (including phenoxy) is 1. The third-order valence-corrected chi connectivity index (χ3v) is 14.2. The maximum absolute atomic E-state index is 9.39. The fourth-order valence-corrected chi connectivity index (χ4v) is 8.01. The smallest absolute Gasteiger partial charge is 0.192 e. The average molecular weight is 531 g/mol. The summed E-state index contributed by atoms with van der Waals surface area (Å²) in [5.74, 6) is 0.292. The first kappa shape index (κ1) is 27.6. The van der Waals surface area contributed by atoms with Crippen LogP contribution >= 0.6 is 0 Å². The van der Waals surface area contributed by atoms with Crippen molar-refractivity contribution in [1.29, 1.82) is 5.26 Å². The van der Waals surface area contributed by atoms with E-state index in [-0.39, 0.29) is 28.3 Å². The van der Waals surface area contributed by atoms with E-state index in [4.69, 9.17) is 14.1 Å². The summed E-state index contributed by atoms with van der Waals surface area (Å²) in [6.07, 6.45) is 6.35. The Bertz CT molecular complexity index is 1260. The molecule has 5 heteroatoms. The monoisotopic (exact) mass is 530 g/mol. The second-order valence-corrected chi connectivity index (χ2v) is 19.4. The Labute approximate surface area is 231 Å². The van der Waals surface area contributed by atoms with Gasteiger partial charge in [0.2, 0.25) is 0 Å². The minimum atomic E-state index is -2.03. The number of pyridine rings is 1. The van der Waals surface area contributed by atoms with Crippen molar-refractivity contribution in [2.75, 3.05) is 0 Å². The Morgan fingerprint density at radius 2 is 1.71 bits per heavy atom. The van der Waals surface area contributed by atoms with Gasteiger partial charge in [-0.15, -0.1) is 0 Å². The zero-order valence-electron chi connectivity index (χ0n) is 25.0. The Kier molecular flexibility index (Phi) is 6.74. The molecule has 4 nitrogen and oxygen atoms in total. The molecule has 1 fully saturated rings. The minimum absolute atomic E-state index is 0.0397. The number of fused-ring (bicyclic) bond motifs is 4. The highest BCUT2D eigenvalue weighted by atomic mass is 28.4. The van der Waals surface area contributed by atoms with Crippen LogP contribution in [0.1, 0.15) is 138 Å². The zero-order chi connectivity index (χ0) is 27.7. The quantitative estimate of drug-likeness (QED) is 0.370. The SMILES string of the molecule is CC(C)c1nc2c(c3c1[C@@H](c1ccc(C#N)cc1)OC31CCCC1)C(O[Si](C)(C)C(C)(C)C)CC(C)(C)C2. The van der Waals surface area contributed by atoms with Gasteiger partial charge in [-0.3, -0.25) is 4.98 Å². The van der Waals surface area contributed by atoms with Crippen LogP contribution in [0.25, 0.3) is 0 Å². The van der Waals surface area contributed by atoms with E-state index in [0.29, 0.717) is 11.5 Å². The molecular formula is C33H46N2O2Si. The van der Waals surface area contributed by atoms with E-state index in [2.05, 4.69) is 79.8 Å². The molecule has 1 spiro atoms. The molecule has 5 rings (SSSR count). The van der Waals surface area contributed by atoms with Crippen molar-refractivity contribution in [3.8, 4) is 6.07 Å². The molecule has 1 unspecified atom stereocenters. The van der Waals surface area contributed by atoms with Gasteiger partial charge in [0.05, 0.1) is 23.3 Å². The van der Waals surface area contributed by atoms with Crippen molar-refractivity contribution in [2.45, 2.75) is 129 Å². The fourth-order valence-electron chi connectivity index (χ4n) is 6.75. The average Bonchev–Trinajstić information content (AvgIpc) is 3.42. The largest absolute Gasteiger partial charge is 0.410 e. The van der Waals surface area contributed by atoms with Crippen molar-refractivity contribution in [3.63, 3.8) is 0 Å². The molecule has 0 N–H and O–H groups in total. The predicted molar refractivity (Wildman–Crippen MR) is 156 cm³/mol. The van der Waals surface area contributed by atoms with Crippen molar-refractivity contribution in [2.24, 2.45) is 5.41 Å². The summed E-state index contributed by atoms with van der Waals surface area (Å²) >= 11 is 0. The highest BCUT2D eigenvalue weighted by molar-refractivity contribution is 6.74. The number of hydrogen-bond donors (Lipinski definition) is 0. The molecule has 0 saturated heterocycles. The lowest BCUT2D eigenvalue weighted by molar-refractivity contribution is -0.0579. The number of aromatic nitrogens is 1. The lowest BCUT2D eigenvalue weighted by Crippen LogP contribution is -2.44. The van der Waals surface area contributed by atoms with Crippen molar-refractivity contribution in [1.82, 2.24) is 4.98 Å². The lowest BCUT2D eigenvalue weighted by atomic mass is 9.70. The molecule has 1 aromatic heterocycles. The number of nitriles is 1. The van der Waals surface area contributed by atoms with Crippen molar-refractivity contribution < 1.29 is 9.16 Å². The van der Waals surface area contributed by atoms with Crippen LogP contribution in [0.4, 0.5) is 0 Å². The standard InChI is InChI=1S/C33H46N2O2Si/c1-21(2)29-27-28(33(16-10-11-17-33)36-30(27)23-14-12-22(20-34)13-15-23)26-24(35-29)18-32(6,7)19-25(26)37-38(8,9)31(3,4)5/h12-15,21,25,30H,10-11,16-19H2,1-9H3/t25?,30-/m1/s1. The molecule has 0 radical (unpaired) electrons. The summed E-state index contributed by atoms with van der Waals surface area (Å²) in [4.78, 5) is 5.49. The molecule has 2 heterocycles. The van der Waals surface area contributed by atoms with E-state index < -0.39 is 8.32 Å². The molecule has 2 aromatic rings. The predicted octanol–water partition coefficient (Wildman–Crippen LogP) is 9.00. The topological polar surface area (TPSA) is 55.1 Å². The van der Waals surface area contributed by atoms with Crippen molar-refractivity contribution >= 4 is 8.32 Å². The summed E-state index contributed by atoms with van der Waals surface area (Å²) in [7, 11) is -2.03. The molecule has 38 heavy (non-hydrogen) atoms. The summed E-state index contributed by atoms with van der Waals surface area (Å²) in [6, 6.07) is 10.3. The van der Waals surface area contributed by atoms with Crippen LogP contribution in [0, 0.1) is 16.7 Å². The van der Waals surface area contributed by atoms with E-state index in [9.17, 15) is 5.26 Å². The first-order valence-electron chi connectivity index (χ1n) is 14.6. The Morgan fingerprint density at radius 1 is 1.08 bits per heavy atom. The number of hydrogen-bond acceptors (Lipinski definition) is 4. The van der Waals surface area contributed by atoms with Crippen LogP contribution in [0.5, 0.6) is 0 Å². The zero-order valence-corrected chi connectivity index (χ0v) is 26.0. The van der Waals surface area contributed by atoms with Gasteiger partial charge in [0.1, 0.15) is 6.10 Å². The molecule has 3 aliphatic rings. The van der Waals surface area contributed by atoms with Gasteiger partial charge in [-0.2, -0.15) is 5.26 Å². The van der Waals surface area contributed by atoms with Gasteiger partial charge in [0.25, 0.3) is 0 Å². The molecule has 0 bridgehead atoms. The molecular weight excluding hydrogens is 484 g/mol. The molecule has 0 amide bonds. The van der Waals surface area contributed by atoms with E-state index >= 15 is 0 Å². The van der Waals surface area contributed by atoms with Gasteiger partial charge >= 0.3 is 0 Å². The van der Waals surface area contributed by atoms with E-state index in [0.717, 1.165) is 31.2 Å². The highest BCUT2D eigenvalue weighted by Crippen LogP contribution is 2.60. The van der Waals surface area contributed by atoms with Crippen LogP contribution in [0.15, 0.2) is 24.3 Å². The van der Waals surface area contributed by atoms with Crippen LogP contribution in [0.3, 0.4) is 0 Å². The second kappa shape index (κ2) is 9.29. The molecule has 1 aromatic carbocycles. The first-order valence-corrected chi connectivity index (χ1v) is 17.5. The van der Waals surface area contributed by atoms with Crippen molar-refractivity contribution in [3.05, 3.63) is 63.5 Å². The van der Waals surface area contributed by atoms with Crippen LogP contribution in [0.2, 0.25) is 18.1 Å². The van der Waals surface area contributed by atoms with Gasteiger partial charge in [0.15, 0.2) is 8.32 Å². The van der Waals surface area contributed by atoms with E-state index in [1.807, 2.05) is 12.1 Å². The third kappa shape index (κ3) is 4.57. The van der Waals surface area contributed by atoms with Crippen LogP contribution < -0.4 is 0 Å².